The van der Waals surface area contributed by atoms with Crippen LogP contribution < -0.4 is 0 Å². The van der Waals surface area contributed by atoms with Gasteiger partial charge >= 0.3 is 0 Å². The molecule has 2 atom stereocenters. The first-order valence-corrected chi connectivity index (χ1v) is 12.9. The van der Waals surface area contributed by atoms with Crippen LogP contribution in [0.3, 0.4) is 0 Å². The Morgan fingerprint density at radius 1 is 1.06 bits per heavy atom. The van der Waals surface area contributed by atoms with Gasteiger partial charge in [0.05, 0.1) is 23.3 Å². The van der Waals surface area contributed by atoms with Crippen molar-refractivity contribution in [1.29, 1.82) is 0 Å². The fourth-order valence-electron chi connectivity index (χ4n) is 4.77. The third-order valence-corrected chi connectivity index (χ3v) is 7.65. The molecule has 0 amide bonds. The lowest BCUT2D eigenvalue weighted by Gasteiger charge is -2.36. The minimum absolute atomic E-state index is 0.0190. The van der Waals surface area contributed by atoms with Gasteiger partial charge in [0.25, 0.3) is 5.89 Å². The summed E-state index contributed by atoms with van der Waals surface area (Å²) in [7, 11) is 3.99. The summed E-state index contributed by atoms with van der Waals surface area (Å²) in [6.45, 7) is 0.891. The molecule has 35 heavy (non-hydrogen) atoms. The summed E-state index contributed by atoms with van der Waals surface area (Å²) >= 11 is 12.1. The van der Waals surface area contributed by atoms with Crippen LogP contribution in [0.4, 0.5) is 0 Å². The predicted molar refractivity (Wildman–Crippen MR) is 138 cm³/mol. The average Bonchev–Trinajstić information content (AvgIpc) is 3.35. The van der Waals surface area contributed by atoms with Gasteiger partial charge < -0.3 is 19.2 Å². The van der Waals surface area contributed by atoms with E-state index in [1.807, 2.05) is 56.6 Å². The zero-order valence-corrected chi connectivity index (χ0v) is 21.8. The van der Waals surface area contributed by atoms with E-state index in [0.29, 0.717) is 35.6 Å². The van der Waals surface area contributed by atoms with Gasteiger partial charge in [-0.2, -0.15) is 0 Å². The van der Waals surface area contributed by atoms with Crippen molar-refractivity contribution in [2.24, 2.45) is 5.92 Å². The van der Waals surface area contributed by atoms with E-state index in [2.05, 4.69) is 15.1 Å². The highest BCUT2D eigenvalue weighted by Gasteiger charge is 2.45. The summed E-state index contributed by atoms with van der Waals surface area (Å²) < 4.78 is 12.1. The number of nitrogens with zero attached hydrogens (tertiary/aromatic N) is 3. The van der Waals surface area contributed by atoms with Gasteiger partial charge in [-0.15, -0.1) is 10.2 Å². The second-order valence-corrected chi connectivity index (χ2v) is 10.4. The molecule has 1 aromatic heterocycles. The van der Waals surface area contributed by atoms with E-state index in [-0.39, 0.29) is 17.9 Å². The molecule has 1 aliphatic rings. The Labute approximate surface area is 217 Å². The van der Waals surface area contributed by atoms with E-state index in [0.717, 1.165) is 36.8 Å². The van der Waals surface area contributed by atoms with Gasteiger partial charge in [0.1, 0.15) is 0 Å². The van der Waals surface area contributed by atoms with Gasteiger partial charge in [0, 0.05) is 18.4 Å². The smallest absolute Gasteiger partial charge is 0.252 e. The van der Waals surface area contributed by atoms with E-state index >= 15 is 0 Å². The second-order valence-electron chi connectivity index (χ2n) is 9.55. The normalized spacial score (nSPS) is 17.4. The Kier molecular flexibility index (Phi) is 8.84. The molecule has 3 aromatic rings. The van der Waals surface area contributed by atoms with Crippen LogP contribution in [-0.2, 0) is 23.4 Å². The van der Waals surface area contributed by atoms with Crippen molar-refractivity contribution in [2.45, 2.75) is 56.8 Å². The van der Waals surface area contributed by atoms with Crippen molar-refractivity contribution in [2.75, 3.05) is 20.7 Å². The molecule has 8 heteroatoms. The van der Waals surface area contributed by atoms with Gasteiger partial charge in [-0.05, 0) is 50.2 Å². The first kappa shape index (κ1) is 26.1. The van der Waals surface area contributed by atoms with Crippen molar-refractivity contribution in [3.63, 3.8) is 0 Å². The molecule has 1 aliphatic carbocycles. The molecule has 2 unspecified atom stereocenters. The zero-order valence-electron chi connectivity index (χ0n) is 20.3. The fourth-order valence-corrected chi connectivity index (χ4v) is 5.09. The summed E-state index contributed by atoms with van der Waals surface area (Å²) in [5.74, 6) is 0.813. The second kappa shape index (κ2) is 11.8. The van der Waals surface area contributed by atoms with E-state index in [1.165, 1.54) is 6.42 Å². The third-order valence-electron chi connectivity index (χ3n) is 6.91. The highest BCUT2D eigenvalue weighted by atomic mass is 35.5. The van der Waals surface area contributed by atoms with Gasteiger partial charge in [-0.1, -0.05) is 78.9 Å². The van der Waals surface area contributed by atoms with Crippen molar-refractivity contribution < 1.29 is 14.3 Å². The molecule has 1 heterocycles. The molecule has 0 bridgehead atoms. The average molecular weight is 518 g/mol. The summed E-state index contributed by atoms with van der Waals surface area (Å²) in [6.07, 6.45) is 5.78. The SMILES string of the molecule is CN(C)C(COCc1ccc(Cl)c(Cl)c1)Cc1nnc(C(O)(c2ccccc2)C2CCCCC2)o1. The molecule has 2 aromatic carbocycles. The van der Waals surface area contributed by atoms with Crippen molar-refractivity contribution in [3.8, 4) is 0 Å². The molecule has 1 fully saturated rings. The van der Waals surface area contributed by atoms with Gasteiger partial charge in [-0.25, -0.2) is 0 Å². The Morgan fingerprint density at radius 2 is 1.80 bits per heavy atom. The first-order valence-electron chi connectivity index (χ1n) is 12.2. The Balaban J connectivity index is 1.47. The van der Waals surface area contributed by atoms with E-state index in [9.17, 15) is 5.11 Å². The van der Waals surface area contributed by atoms with Crippen LogP contribution >= 0.6 is 23.2 Å². The van der Waals surface area contributed by atoms with Crippen molar-refractivity contribution in [3.05, 3.63) is 81.5 Å². The maximum Gasteiger partial charge on any atom is 0.252 e. The lowest BCUT2D eigenvalue weighted by molar-refractivity contribution is -0.0243. The monoisotopic (exact) mass is 517 g/mol. The number of aromatic nitrogens is 2. The Morgan fingerprint density at radius 3 is 2.49 bits per heavy atom. The highest BCUT2D eigenvalue weighted by Crippen LogP contribution is 2.43. The van der Waals surface area contributed by atoms with Crippen molar-refractivity contribution in [1.82, 2.24) is 15.1 Å². The molecule has 6 nitrogen and oxygen atoms in total. The molecule has 0 radical (unpaired) electrons. The first-order chi connectivity index (χ1) is 16.9. The van der Waals surface area contributed by atoms with E-state index in [1.54, 1.807) is 6.07 Å². The zero-order chi connectivity index (χ0) is 24.8. The Bertz CT molecular complexity index is 1090. The molecule has 1 saturated carbocycles. The van der Waals surface area contributed by atoms with Crippen LogP contribution in [-0.4, -0.2) is 46.9 Å². The largest absolute Gasteiger partial charge is 0.422 e. The van der Waals surface area contributed by atoms with E-state index < -0.39 is 5.60 Å². The minimum Gasteiger partial charge on any atom is -0.422 e. The third kappa shape index (κ3) is 6.25. The topological polar surface area (TPSA) is 71.6 Å². The number of hydrogen-bond acceptors (Lipinski definition) is 6. The van der Waals surface area contributed by atoms with Crippen LogP contribution in [0.5, 0.6) is 0 Å². The summed E-state index contributed by atoms with van der Waals surface area (Å²) in [6, 6.07) is 15.2. The van der Waals surface area contributed by atoms with E-state index in [4.69, 9.17) is 32.4 Å². The summed E-state index contributed by atoms with van der Waals surface area (Å²) in [4.78, 5) is 2.07. The lowest BCUT2D eigenvalue weighted by Crippen LogP contribution is -2.38. The van der Waals surface area contributed by atoms with Crippen LogP contribution in [0.25, 0.3) is 0 Å². The minimum atomic E-state index is -1.29. The number of halogens is 2. The van der Waals surface area contributed by atoms with Crippen LogP contribution in [0.2, 0.25) is 10.0 Å². The molecule has 0 spiro atoms. The van der Waals surface area contributed by atoms with Gasteiger partial charge in [-0.3, -0.25) is 0 Å². The number of hydrogen-bond donors (Lipinski definition) is 1. The molecule has 0 saturated heterocycles. The number of ether oxygens (including phenoxy) is 1. The number of aliphatic hydroxyl groups is 1. The van der Waals surface area contributed by atoms with Crippen LogP contribution in [0.1, 0.15) is 55.0 Å². The molecular weight excluding hydrogens is 485 g/mol. The number of likely N-dealkylation sites (N-methyl/N-ethyl adjacent to an activating group) is 1. The molecular formula is C27H33Cl2N3O3. The van der Waals surface area contributed by atoms with Crippen LogP contribution in [0.15, 0.2) is 52.9 Å². The highest BCUT2D eigenvalue weighted by molar-refractivity contribution is 6.42. The van der Waals surface area contributed by atoms with Gasteiger partial charge in [0.2, 0.25) is 5.89 Å². The molecule has 0 aliphatic heterocycles. The number of rotatable bonds is 10. The Hall–Kier alpha value is -1.96. The molecule has 188 valence electrons. The maximum absolute atomic E-state index is 12.0. The molecule has 1 N–H and O–H groups in total. The summed E-state index contributed by atoms with van der Waals surface area (Å²) in [5, 5.41) is 21.7. The maximum atomic E-state index is 12.0. The standard InChI is InChI=1S/C27H33Cl2N3O3/c1-32(2)22(18-34-17-19-13-14-23(28)24(29)15-19)16-25-30-31-26(35-25)27(33,20-9-5-3-6-10-20)21-11-7-4-8-12-21/h3,5-6,9-10,13-15,21-22,33H,4,7-8,11-12,16-18H2,1-2H3. The fraction of sp³-hybridized carbons (Fsp3) is 0.481. The van der Waals surface area contributed by atoms with Crippen LogP contribution in [0, 0.1) is 5.92 Å². The number of benzene rings is 2. The molecule has 4 rings (SSSR count). The van der Waals surface area contributed by atoms with Crippen molar-refractivity contribution >= 4 is 23.2 Å². The quantitative estimate of drug-likeness (QED) is 0.361. The predicted octanol–water partition coefficient (Wildman–Crippen LogP) is 5.88. The lowest BCUT2D eigenvalue weighted by atomic mass is 9.73. The van der Waals surface area contributed by atoms with Gasteiger partial charge in [0.15, 0.2) is 5.60 Å². The summed E-state index contributed by atoms with van der Waals surface area (Å²) in [5.41, 5.74) is 0.471.